The second-order valence-corrected chi connectivity index (χ2v) is 7.99. The smallest absolute Gasteiger partial charge is 0.165 e. The third-order valence-electron chi connectivity index (χ3n) is 5.92. The quantitative estimate of drug-likeness (QED) is 0.340. The SMILES string of the molecule is CC[C@@H](c1ccc(F)cc1)n1cccc2c(-c3ccc(-n4cnc(C)c4)c(OC)c3)nnc1-2. The summed E-state index contributed by atoms with van der Waals surface area (Å²) in [5, 5.41) is 9.06. The Morgan fingerprint density at radius 1 is 1.06 bits per heavy atom. The molecule has 0 unspecified atom stereocenters. The Morgan fingerprint density at radius 3 is 2.58 bits per heavy atom. The number of halogens is 1. The minimum absolute atomic E-state index is 0.0280. The zero-order valence-corrected chi connectivity index (χ0v) is 18.7. The van der Waals surface area contributed by atoms with Gasteiger partial charge in [0, 0.05) is 23.5 Å². The highest BCUT2D eigenvalue weighted by molar-refractivity contribution is 5.80. The molecule has 3 heterocycles. The van der Waals surface area contributed by atoms with E-state index in [4.69, 9.17) is 4.74 Å². The molecule has 0 fully saturated rings. The zero-order valence-electron chi connectivity index (χ0n) is 18.7. The van der Waals surface area contributed by atoms with Crippen LogP contribution in [0.5, 0.6) is 5.75 Å². The fourth-order valence-corrected chi connectivity index (χ4v) is 4.29. The number of hydrogen-bond donors (Lipinski definition) is 0. The molecule has 6 nitrogen and oxygen atoms in total. The third-order valence-corrected chi connectivity index (χ3v) is 5.92. The van der Waals surface area contributed by atoms with Gasteiger partial charge in [-0.2, -0.15) is 0 Å². The first-order chi connectivity index (χ1) is 16.1. The van der Waals surface area contributed by atoms with Gasteiger partial charge in [0.25, 0.3) is 0 Å². The highest BCUT2D eigenvalue weighted by Gasteiger charge is 2.23. The molecular weight excluding hydrogens is 417 g/mol. The van der Waals surface area contributed by atoms with Crippen LogP contribution in [0.1, 0.15) is 30.6 Å². The molecule has 0 spiro atoms. The van der Waals surface area contributed by atoms with Crippen molar-refractivity contribution in [3.63, 3.8) is 0 Å². The molecule has 166 valence electrons. The van der Waals surface area contributed by atoms with Gasteiger partial charge in [0.1, 0.15) is 17.3 Å². The molecule has 3 aromatic rings. The molecular formula is C26H24FN5O. The first-order valence-corrected chi connectivity index (χ1v) is 10.9. The van der Waals surface area contributed by atoms with E-state index < -0.39 is 0 Å². The van der Waals surface area contributed by atoms with Gasteiger partial charge in [-0.05, 0) is 55.3 Å². The molecule has 1 atom stereocenters. The van der Waals surface area contributed by atoms with E-state index in [9.17, 15) is 4.39 Å². The summed E-state index contributed by atoms with van der Waals surface area (Å²) in [5.74, 6) is 1.27. The van der Waals surface area contributed by atoms with Crippen molar-refractivity contribution in [2.45, 2.75) is 26.3 Å². The lowest BCUT2D eigenvalue weighted by molar-refractivity contribution is 0.413. The molecule has 7 heteroatoms. The standard InChI is InChI=1S/C26H24FN5O/c1-4-22(18-7-10-20(27)11-8-18)32-13-5-6-21-25(29-30-26(21)32)19-9-12-23(24(14-19)33-3)31-15-17(2)28-16-31/h5-16,22H,4H2,1-3H3/t22-/m0/s1. The fourth-order valence-electron chi connectivity index (χ4n) is 4.29. The van der Waals surface area contributed by atoms with Crippen LogP contribution in [0.15, 0.2) is 73.3 Å². The fraction of sp³-hybridized carbons (Fsp3) is 0.192. The van der Waals surface area contributed by atoms with Crippen LogP contribution in [0.25, 0.3) is 28.3 Å². The van der Waals surface area contributed by atoms with E-state index in [1.54, 1.807) is 13.4 Å². The average Bonchev–Trinajstić information content (AvgIpc) is 3.47. The first-order valence-electron chi connectivity index (χ1n) is 10.9. The molecule has 33 heavy (non-hydrogen) atoms. The summed E-state index contributed by atoms with van der Waals surface area (Å²) < 4.78 is 23.2. The number of hydrogen-bond acceptors (Lipinski definition) is 4. The number of methoxy groups -OCH3 is 1. The van der Waals surface area contributed by atoms with Crippen molar-refractivity contribution in [3.05, 3.63) is 90.4 Å². The van der Waals surface area contributed by atoms with Gasteiger partial charge < -0.3 is 13.9 Å². The van der Waals surface area contributed by atoms with E-state index in [0.717, 1.165) is 51.8 Å². The van der Waals surface area contributed by atoms with E-state index in [-0.39, 0.29) is 11.9 Å². The molecule has 2 aliphatic heterocycles. The molecule has 0 N–H and O–H groups in total. The van der Waals surface area contributed by atoms with E-state index in [1.807, 2.05) is 66.3 Å². The van der Waals surface area contributed by atoms with Crippen molar-refractivity contribution >= 4 is 0 Å². The van der Waals surface area contributed by atoms with E-state index in [1.165, 1.54) is 12.1 Å². The van der Waals surface area contributed by atoms with Gasteiger partial charge in [0.05, 0.1) is 30.9 Å². The van der Waals surface area contributed by atoms with Gasteiger partial charge in [-0.3, -0.25) is 0 Å². The highest BCUT2D eigenvalue weighted by Crippen LogP contribution is 2.37. The van der Waals surface area contributed by atoms with Crippen LogP contribution in [0.3, 0.4) is 0 Å². The Bertz CT molecular complexity index is 1370. The van der Waals surface area contributed by atoms with Gasteiger partial charge in [0.2, 0.25) is 0 Å². The van der Waals surface area contributed by atoms with Crippen LogP contribution in [0.2, 0.25) is 0 Å². The topological polar surface area (TPSA) is 57.8 Å². The number of nitrogens with zero attached hydrogens (tertiary/aromatic N) is 5. The Kier molecular flexibility index (Phi) is 5.38. The van der Waals surface area contributed by atoms with Crippen molar-refractivity contribution in [2.75, 3.05) is 7.11 Å². The number of fused-ring (bicyclic) bond motifs is 1. The summed E-state index contributed by atoms with van der Waals surface area (Å²) in [6, 6.07) is 16.7. The molecule has 0 saturated heterocycles. The normalized spacial score (nSPS) is 12.2. The number of imidazole rings is 1. The molecule has 5 rings (SSSR count). The summed E-state index contributed by atoms with van der Waals surface area (Å²) in [4.78, 5) is 4.31. The summed E-state index contributed by atoms with van der Waals surface area (Å²) >= 11 is 0. The summed E-state index contributed by atoms with van der Waals surface area (Å²) in [6.45, 7) is 4.06. The Balaban J connectivity index is 1.54. The maximum atomic E-state index is 13.5. The molecule has 2 aliphatic rings. The maximum Gasteiger partial charge on any atom is 0.165 e. The minimum Gasteiger partial charge on any atom is -0.495 e. The van der Waals surface area contributed by atoms with Crippen molar-refractivity contribution in [1.29, 1.82) is 0 Å². The Labute approximate surface area is 191 Å². The Hall–Kier alpha value is -4.00. The molecule has 0 radical (unpaired) electrons. The minimum atomic E-state index is -0.240. The van der Waals surface area contributed by atoms with Crippen LogP contribution in [0, 0.1) is 12.7 Å². The van der Waals surface area contributed by atoms with Crippen LogP contribution in [-0.2, 0) is 0 Å². The Morgan fingerprint density at radius 2 is 1.88 bits per heavy atom. The van der Waals surface area contributed by atoms with Crippen molar-refractivity contribution in [1.82, 2.24) is 24.3 Å². The molecule has 2 aromatic carbocycles. The van der Waals surface area contributed by atoms with Crippen molar-refractivity contribution in [2.24, 2.45) is 0 Å². The monoisotopic (exact) mass is 441 g/mol. The molecule has 0 bridgehead atoms. The van der Waals surface area contributed by atoms with Crippen LogP contribution < -0.4 is 4.74 Å². The number of aromatic nitrogens is 5. The predicted octanol–water partition coefficient (Wildman–Crippen LogP) is 5.69. The molecule has 1 aromatic heterocycles. The molecule has 0 amide bonds. The second kappa shape index (κ2) is 8.50. The summed E-state index contributed by atoms with van der Waals surface area (Å²) in [6.07, 6.45) is 6.57. The summed E-state index contributed by atoms with van der Waals surface area (Å²) in [7, 11) is 1.66. The first kappa shape index (κ1) is 20.9. The highest BCUT2D eigenvalue weighted by atomic mass is 19.1. The van der Waals surface area contributed by atoms with Crippen molar-refractivity contribution in [3.8, 4) is 34.1 Å². The molecule has 0 aliphatic carbocycles. The lowest BCUT2D eigenvalue weighted by Crippen LogP contribution is -2.12. The maximum absolute atomic E-state index is 13.5. The van der Waals surface area contributed by atoms with Crippen LogP contribution >= 0.6 is 0 Å². The lowest BCUT2D eigenvalue weighted by Gasteiger charge is -2.22. The summed E-state index contributed by atoms with van der Waals surface area (Å²) in [5.41, 5.74) is 5.53. The average molecular weight is 442 g/mol. The third kappa shape index (κ3) is 3.75. The molecule has 0 saturated carbocycles. The lowest BCUT2D eigenvalue weighted by atomic mass is 10.0. The van der Waals surface area contributed by atoms with E-state index in [2.05, 4.69) is 26.7 Å². The van der Waals surface area contributed by atoms with E-state index in [0.29, 0.717) is 0 Å². The van der Waals surface area contributed by atoms with Gasteiger partial charge in [-0.1, -0.05) is 25.1 Å². The number of pyridine rings is 1. The van der Waals surface area contributed by atoms with E-state index >= 15 is 0 Å². The number of benzene rings is 2. The van der Waals surface area contributed by atoms with Gasteiger partial charge in [-0.25, -0.2) is 9.37 Å². The number of rotatable bonds is 6. The predicted molar refractivity (Wildman–Crippen MR) is 125 cm³/mol. The number of ether oxygens (including phenoxy) is 1. The van der Waals surface area contributed by atoms with Gasteiger partial charge in [-0.15, -0.1) is 10.2 Å². The van der Waals surface area contributed by atoms with Gasteiger partial charge in [0.15, 0.2) is 5.82 Å². The van der Waals surface area contributed by atoms with Crippen LogP contribution in [0.4, 0.5) is 4.39 Å². The number of aryl methyl sites for hydroxylation is 1. The van der Waals surface area contributed by atoms with Crippen LogP contribution in [-0.4, -0.2) is 31.4 Å². The van der Waals surface area contributed by atoms with Crippen molar-refractivity contribution < 1.29 is 9.13 Å². The van der Waals surface area contributed by atoms with Gasteiger partial charge >= 0.3 is 0 Å². The second-order valence-electron chi connectivity index (χ2n) is 7.99. The zero-order chi connectivity index (χ0) is 22.9. The largest absolute Gasteiger partial charge is 0.495 e.